The third-order valence-electron chi connectivity index (χ3n) is 4.41. The minimum absolute atomic E-state index is 0.0893. The minimum atomic E-state index is -3.26. The lowest BCUT2D eigenvalue weighted by molar-refractivity contribution is 0.584. The molecule has 0 spiro atoms. The molecular weight excluding hydrogens is 336 g/mol. The number of aryl methyl sites for hydroxylation is 1. The topological polar surface area (TPSA) is 61.1 Å². The molecule has 0 saturated heterocycles. The van der Waals surface area contributed by atoms with E-state index in [9.17, 15) is 13.2 Å². The third-order valence-corrected chi connectivity index (χ3v) is 5.54. The summed E-state index contributed by atoms with van der Waals surface area (Å²) in [6.07, 6.45) is 1.18. The van der Waals surface area contributed by atoms with Gasteiger partial charge < -0.3 is 0 Å². The van der Waals surface area contributed by atoms with Gasteiger partial charge in [-0.1, -0.05) is 42.0 Å². The summed E-state index contributed by atoms with van der Waals surface area (Å²) in [5.74, 6) is 0. The van der Waals surface area contributed by atoms with Crippen molar-refractivity contribution in [2.45, 2.75) is 11.8 Å². The van der Waals surface area contributed by atoms with E-state index in [0.29, 0.717) is 5.56 Å². The highest BCUT2D eigenvalue weighted by molar-refractivity contribution is 7.90. The van der Waals surface area contributed by atoms with E-state index >= 15 is 0 Å². The van der Waals surface area contributed by atoms with E-state index in [1.54, 1.807) is 40.7 Å². The summed E-state index contributed by atoms with van der Waals surface area (Å²) in [5.41, 5.74) is 4.04. The molecule has 0 bridgehead atoms. The lowest BCUT2D eigenvalue weighted by atomic mass is 10.0. The van der Waals surface area contributed by atoms with Gasteiger partial charge in [-0.2, -0.15) is 0 Å². The van der Waals surface area contributed by atoms with Gasteiger partial charge in [-0.25, -0.2) is 8.42 Å². The van der Waals surface area contributed by atoms with Crippen LogP contribution in [-0.4, -0.2) is 24.0 Å². The van der Waals surface area contributed by atoms with Crippen LogP contribution < -0.4 is 5.56 Å². The van der Waals surface area contributed by atoms with Crippen molar-refractivity contribution in [3.05, 3.63) is 64.4 Å². The summed E-state index contributed by atoms with van der Waals surface area (Å²) in [5, 5.41) is 0. The summed E-state index contributed by atoms with van der Waals surface area (Å²) < 4.78 is 26.7. The van der Waals surface area contributed by atoms with Crippen molar-refractivity contribution in [2.75, 3.05) is 6.26 Å². The molecule has 0 saturated carbocycles. The largest absolute Gasteiger partial charge is 0.285 e. The Kier molecular flexibility index (Phi) is 4.16. The van der Waals surface area contributed by atoms with Crippen LogP contribution in [0.3, 0.4) is 0 Å². The van der Waals surface area contributed by atoms with Gasteiger partial charge >= 0.3 is 0 Å². The van der Waals surface area contributed by atoms with E-state index in [-0.39, 0.29) is 10.5 Å². The standard InChI is InChI=1S/C19H20N2O3S/c1-13-5-7-14(8-6-13)17-18(20(2)21(3)19(17)22)15-9-11-16(12-10-15)25(4,23)24/h5-12H,1-4H3. The molecule has 25 heavy (non-hydrogen) atoms. The van der Waals surface area contributed by atoms with Crippen LogP contribution >= 0.6 is 0 Å². The average molecular weight is 356 g/mol. The van der Waals surface area contributed by atoms with Crippen LogP contribution in [-0.2, 0) is 23.9 Å². The monoisotopic (exact) mass is 356 g/mol. The number of hydrogen-bond acceptors (Lipinski definition) is 3. The fourth-order valence-corrected chi connectivity index (χ4v) is 3.51. The smallest absolute Gasteiger partial charge is 0.274 e. The van der Waals surface area contributed by atoms with Gasteiger partial charge in [0.1, 0.15) is 0 Å². The molecule has 0 radical (unpaired) electrons. The second-order valence-electron chi connectivity index (χ2n) is 6.24. The normalized spacial score (nSPS) is 11.7. The van der Waals surface area contributed by atoms with Crippen LogP contribution in [0.2, 0.25) is 0 Å². The number of rotatable bonds is 3. The first-order valence-electron chi connectivity index (χ1n) is 7.83. The molecule has 2 aromatic carbocycles. The lowest BCUT2D eigenvalue weighted by Crippen LogP contribution is -2.17. The molecule has 0 fully saturated rings. The predicted octanol–water partition coefficient (Wildman–Crippen LogP) is 2.77. The maximum absolute atomic E-state index is 12.7. The van der Waals surface area contributed by atoms with Gasteiger partial charge in [-0.05, 0) is 24.6 Å². The van der Waals surface area contributed by atoms with Crippen molar-refractivity contribution < 1.29 is 8.42 Å². The summed E-state index contributed by atoms with van der Waals surface area (Å²) in [4.78, 5) is 13.0. The van der Waals surface area contributed by atoms with Gasteiger partial charge in [-0.15, -0.1) is 0 Å². The highest BCUT2D eigenvalue weighted by Gasteiger charge is 2.19. The first kappa shape index (κ1) is 17.2. The number of nitrogens with zero attached hydrogens (tertiary/aromatic N) is 2. The highest BCUT2D eigenvalue weighted by Crippen LogP contribution is 2.30. The molecule has 0 unspecified atom stereocenters. The zero-order valence-electron chi connectivity index (χ0n) is 14.6. The van der Waals surface area contributed by atoms with Crippen LogP contribution in [0.1, 0.15) is 5.56 Å². The Hall–Kier alpha value is -2.60. The second-order valence-corrected chi connectivity index (χ2v) is 8.25. The van der Waals surface area contributed by atoms with Crippen LogP contribution in [0.5, 0.6) is 0 Å². The fraction of sp³-hybridized carbons (Fsp3) is 0.211. The zero-order valence-corrected chi connectivity index (χ0v) is 15.5. The molecular formula is C19H20N2O3S. The van der Waals surface area contributed by atoms with Gasteiger partial charge in [0.05, 0.1) is 16.2 Å². The molecule has 6 heteroatoms. The molecule has 3 aromatic rings. The SMILES string of the molecule is Cc1ccc(-c2c(-c3ccc(S(C)(=O)=O)cc3)n(C)n(C)c2=O)cc1. The number of aromatic nitrogens is 2. The van der Waals surface area contributed by atoms with Crippen molar-refractivity contribution in [2.24, 2.45) is 14.1 Å². The molecule has 1 aromatic heterocycles. The molecule has 0 aliphatic carbocycles. The number of sulfone groups is 1. The van der Waals surface area contributed by atoms with Gasteiger partial charge in [0.15, 0.2) is 9.84 Å². The van der Waals surface area contributed by atoms with E-state index in [0.717, 1.165) is 22.4 Å². The summed E-state index contributed by atoms with van der Waals surface area (Å²) in [6, 6.07) is 14.4. The maximum Gasteiger partial charge on any atom is 0.274 e. The quantitative estimate of drug-likeness (QED) is 0.725. The van der Waals surface area contributed by atoms with E-state index < -0.39 is 9.84 Å². The number of hydrogen-bond donors (Lipinski definition) is 0. The molecule has 1 heterocycles. The Morgan fingerprint density at radius 1 is 0.800 bits per heavy atom. The summed E-state index contributed by atoms with van der Waals surface area (Å²) in [6.45, 7) is 2.00. The number of benzene rings is 2. The molecule has 5 nitrogen and oxygen atoms in total. The molecule has 0 N–H and O–H groups in total. The van der Waals surface area contributed by atoms with E-state index in [2.05, 4.69) is 0 Å². The van der Waals surface area contributed by atoms with Crippen LogP contribution in [0.25, 0.3) is 22.4 Å². The zero-order chi connectivity index (χ0) is 18.4. The van der Waals surface area contributed by atoms with Crippen molar-refractivity contribution in [3.63, 3.8) is 0 Å². The Morgan fingerprint density at radius 2 is 1.32 bits per heavy atom. The lowest BCUT2D eigenvalue weighted by Gasteiger charge is -2.09. The minimum Gasteiger partial charge on any atom is -0.285 e. The van der Waals surface area contributed by atoms with Gasteiger partial charge in [0.2, 0.25) is 0 Å². The van der Waals surface area contributed by atoms with Crippen molar-refractivity contribution >= 4 is 9.84 Å². The van der Waals surface area contributed by atoms with Crippen LogP contribution in [0.4, 0.5) is 0 Å². The third kappa shape index (κ3) is 3.05. The van der Waals surface area contributed by atoms with Gasteiger partial charge in [-0.3, -0.25) is 14.2 Å². The van der Waals surface area contributed by atoms with Crippen molar-refractivity contribution in [3.8, 4) is 22.4 Å². The molecule has 3 rings (SSSR count). The van der Waals surface area contributed by atoms with Crippen LogP contribution in [0, 0.1) is 6.92 Å². The molecule has 0 atom stereocenters. The average Bonchev–Trinajstić information content (AvgIpc) is 2.79. The fourth-order valence-electron chi connectivity index (χ4n) is 2.88. The predicted molar refractivity (Wildman–Crippen MR) is 99.4 cm³/mol. The van der Waals surface area contributed by atoms with Gasteiger partial charge in [0.25, 0.3) is 5.56 Å². The van der Waals surface area contributed by atoms with E-state index in [1.807, 2.05) is 38.2 Å². The van der Waals surface area contributed by atoms with Gasteiger partial charge in [0, 0.05) is 25.9 Å². The molecule has 0 aliphatic rings. The highest BCUT2D eigenvalue weighted by atomic mass is 32.2. The first-order valence-corrected chi connectivity index (χ1v) is 9.73. The summed E-state index contributed by atoms with van der Waals surface area (Å²) in [7, 11) is 0.279. The molecule has 0 aliphatic heterocycles. The second kappa shape index (κ2) is 6.04. The maximum atomic E-state index is 12.7. The van der Waals surface area contributed by atoms with Crippen LogP contribution in [0.15, 0.2) is 58.2 Å². The molecule has 130 valence electrons. The van der Waals surface area contributed by atoms with E-state index in [4.69, 9.17) is 0 Å². The Labute approximate surface area is 147 Å². The summed E-state index contributed by atoms with van der Waals surface area (Å²) >= 11 is 0. The van der Waals surface area contributed by atoms with E-state index in [1.165, 1.54) is 6.26 Å². The Morgan fingerprint density at radius 3 is 1.84 bits per heavy atom. The van der Waals surface area contributed by atoms with Crippen molar-refractivity contribution in [1.29, 1.82) is 0 Å². The first-order chi connectivity index (χ1) is 11.7. The molecule has 0 amide bonds. The van der Waals surface area contributed by atoms with Crippen molar-refractivity contribution in [1.82, 2.24) is 9.36 Å². The Balaban J connectivity index is 2.24. The Bertz CT molecular complexity index is 1090.